The van der Waals surface area contributed by atoms with Gasteiger partial charge in [-0.1, -0.05) is 0 Å². The van der Waals surface area contributed by atoms with Crippen LogP contribution in [0.15, 0.2) is 22.7 Å². The van der Waals surface area contributed by atoms with Gasteiger partial charge in [0, 0.05) is 18.8 Å². The second-order valence-electron chi connectivity index (χ2n) is 4.69. The number of nitrogens with zero attached hydrogens (tertiary/aromatic N) is 3. The third-order valence-corrected chi connectivity index (χ3v) is 3.28. The summed E-state index contributed by atoms with van der Waals surface area (Å²) < 4.78 is 18.9. The summed E-state index contributed by atoms with van der Waals surface area (Å²) in [4.78, 5) is 6.32. The smallest absolute Gasteiger partial charge is 0.266 e. The molecule has 0 atom stereocenters. The lowest BCUT2D eigenvalue weighted by Gasteiger charge is -2.24. The van der Waals surface area contributed by atoms with E-state index in [0.717, 1.165) is 25.9 Å². The molecule has 1 aromatic heterocycles. The third kappa shape index (κ3) is 2.38. The number of halogens is 1. The zero-order valence-corrected chi connectivity index (χ0v) is 10.5. The number of hydrogen-bond acceptors (Lipinski definition) is 5. The second kappa shape index (κ2) is 4.87. The maximum absolute atomic E-state index is 13.8. The monoisotopic (exact) mass is 262 g/mol. The summed E-state index contributed by atoms with van der Waals surface area (Å²) in [5, 5.41) is 3.92. The van der Waals surface area contributed by atoms with Gasteiger partial charge in [-0.2, -0.15) is 4.98 Å². The van der Waals surface area contributed by atoms with Gasteiger partial charge in [0.15, 0.2) is 0 Å². The zero-order chi connectivity index (χ0) is 13.2. The van der Waals surface area contributed by atoms with Gasteiger partial charge in [-0.25, -0.2) is 4.39 Å². The molecule has 5 nitrogen and oxygen atoms in total. The average Bonchev–Trinajstić information content (AvgIpc) is 2.89. The van der Waals surface area contributed by atoms with E-state index in [2.05, 4.69) is 15.0 Å². The van der Waals surface area contributed by atoms with Crippen molar-refractivity contribution >= 4 is 11.6 Å². The zero-order valence-electron chi connectivity index (χ0n) is 10.5. The fraction of sp³-hybridized carbons (Fsp3) is 0.385. The number of aromatic nitrogens is 2. The highest BCUT2D eigenvalue weighted by Crippen LogP contribution is 2.25. The van der Waals surface area contributed by atoms with Crippen LogP contribution in [0, 0.1) is 5.82 Å². The van der Waals surface area contributed by atoms with Crippen LogP contribution >= 0.6 is 0 Å². The molecule has 1 saturated heterocycles. The lowest BCUT2D eigenvalue weighted by atomic mass is 10.1. The molecule has 2 aromatic rings. The molecule has 1 aromatic carbocycles. The third-order valence-electron chi connectivity index (χ3n) is 3.28. The lowest BCUT2D eigenvalue weighted by Crippen LogP contribution is -2.30. The molecule has 3 rings (SSSR count). The molecule has 2 heterocycles. The summed E-state index contributed by atoms with van der Waals surface area (Å²) in [7, 11) is 0. The van der Waals surface area contributed by atoms with Gasteiger partial charge in [0.05, 0.1) is 5.56 Å². The molecule has 0 bridgehead atoms. The predicted molar refractivity (Wildman–Crippen MR) is 70.2 cm³/mol. The van der Waals surface area contributed by atoms with E-state index < -0.39 is 5.82 Å². The van der Waals surface area contributed by atoms with Crippen molar-refractivity contribution in [3.8, 4) is 11.5 Å². The highest BCUT2D eigenvalue weighted by atomic mass is 19.1. The molecule has 0 aliphatic carbocycles. The number of benzene rings is 1. The molecule has 1 fully saturated rings. The van der Waals surface area contributed by atoms with Crippen molar-refractivity contribution in [1.82, 2.24) is 10.1 Å². The van der Waals surface area contributed by atoms with Gasteiger partial charge >= 0.3 is 0 Å². The van der Waals surface area contributed by atoms with Crippen LogP contribution in [0.1, 0.15) is 19.3 Å². The van der Waals surface area contributed by atoms with Gasteiger partial charge < -0.3 is 15.2 Å². The molecule has 0 amide bonds. The van der Waals surface area contributed by atoms with Crippen molar-refractivity contribution < 1.29 is 8.91 Å². The Morgan fingerprint density at radius 2 is 2.00 bits per heavy atom. The molecule has 100 valence electrons. The second-order valence-corrected chi connectivity index (χ2v) is 4.69. The summed E-state index contributed by atoms with van der Waals surface area (Å²) in [6, 6.07) is 4.42. The topological polar surface area (TPSA) is 68.2 Å². The molecule has 0 radical (unpaired) electrons. The first-order chi connectivity index (χ1) is 9.24. The van der Waals surface area contributed by atoms with Gasteiger partial charge in [-0.05, 0) is 42.6 Å². The SMILES string of the molecule is Nc1ccc(-c2nc(N3CCCCC3)no2)c(F)c1. The van der Waals surface area contributed by atoms with Crippen molar-refractivity contribution in [3.63, 3.8) is 0 Å². The van der Waals surface area contributed by atoms with E-state index in [9.17, 15) is 4.39 Å². The summed E-state index contributed by atoms with van der Waals surface area (Å²) in [5.74, 6) is 0.276. The van der Waals surface area contributed by atoms with Crippen LogP contribution in [-0.4, -0.2) is 23.2 Å². The van der Waals surface area contributed by atoms with Crippen molar-refractivity contribution in [2.45, 2.75) is 19.3 Å². The predicted octanol–water partition coefficient (Wildman–Crippen LogP) is 2.45. The Balaban J connectivity index is 1.87. The van der Waals surface area contributed by atoms with Crippen molar-refractivity contribution in [2.24, 2.45) is 0 Å². The van der Waals surface area contributed by atoms with Gasteiger partial charge in [0.25, 0.3) is 11.8 Å². The fourth-order valence-electron chi connectivity index (χ4n) is 2.25. The Bertz CT molecular complexity index is 578. The van der Waals surface area contributed by atoms with Crippen LogP contribution < -0.4 is 10.6 Å². The molecule has 19 heavy (non-hydrogen) atoms. The number of nitrogens with two attached hydrogens (primary N) is 1. The largest absolute Gasteiger partial charge is 0.399 e. The normalized spacial score (nSPS) is 15.7. The maximum Gasteiger partial charge on any atom is 0.266 e. The van der Waals surface area contributed by atoms with E-state index in [1.165, 1.54) is 12.5 Å². The van der Waals surface area contributed by atoms with Gasteiger partial charge in [0.2, 0.25) is 0 Å². The number of hydrogen-bond donors (Lipinski definition) is 1. The summed E-state index contributed by atoms with van der Waals surface area (Å²) in [6.45, 7) is 1.84. The minimum atomic E-state index is -0.450. The molecular formula is C13H15FN4O. The van der Waals surface area contributed by atoms with Crippen molar-refractivity contribution in [3.05, 3.63) is 24.0 Å². The molecule has 0 unspecified atom stereocenters. The van der Waals surface area contributed by atoms with Gasteiger partial charge in [0.1, 0.15) is 5.82 Å². The van der Waals surface area contributed by atoms with Crippen LogP contribution in [0.4, 0.5) is 16.0 Å². The summed E-state index contributed by atoms with van der Waals surface area (Å²) in [6.07, 6.45) is 3.48. The Morgan fingerprint density at radius 1 is 1.21 bits per heavy atom. The first-order valence-electron chi connectivity index (χ1n) is 6.38. The van der Waals surface area contributed by atoms with Gasteiger partial charge in [-0.3, -0.25) is 0 Å². The van der Waals surface area contributed by atoms with Gasteiger partial charge in [-0.15, -0.1) is 0 Å². The first-order valence-corrected chi connectivity index (χ1v) is 6.38. The van der Waals surface area contributed by atoms with E-state index in [1.807, 2.05) is 0 Å². The highest BCUT2D eigenvalue weighted by molar-refractivity contribution is 5.59. The Hall–Kier alpha value is -2.11. The lowest BCUT2D eigenvalue weighted by molar-refractivity contribution is 0.424. The minimum Gasteiger partial charge on any atom is -0.399 e. The van der Waals surface area contributed by atoms with Crippen LogP contribution in [0.25, 0.3) is 11.5 Å². The number of nitrogen functional groups attached to an aromatic ring is 1. The molecule has 0 saturated carbocycles. The van der Waals surface area contributed by atoms with Crippen molar-refractivity contribution in [2.75, 3.05) is 23.7 Å². The van der Waals surface area contributed by atoms with E-state index in [-0.39, 0.29) is 11.5 Å². The first kappa shape index (κ1) is 12.0. The molecule has 1 aliphatic heterocycles. The number of anilines is 2. The Labute approximate surface area is 110 Å². The molecule has 2 N–H and O–H groups in total. The number of piperidine rings is 1. The highest BCUT2D eigenvalue weighted by Gasteiger charge is 2.19. The molecule has 1 aliphatic rings. The van der Waals surface area contributed by atoms with Crippen LogP contribution in [0.2, 0.25) is 0 Å². The van der Waals surface area contributed by atoms with Crippen LogP contribution in [-0.2, 0) is 0 Å². The summed E-state index contributed by atoms with van der Waals surface area (Å²) >= 11 is 0. The minimum absolute atomic E-state index is 0.193. The Morgan fingerprint density at radius 3 is 2.74 bits per heavy atom. The standard InChI is InChI=1S/C13H15FN4O/c14-11-8-9(15)4-5-10(11)12-16-13(17-19-12)18-6-2-1-3-7-18/h4-5,8H,1-3,6-7,15H2. The number of rotatable bonds is 2. The average molecular weight is 262 g/mol. The van der Waals surface area contributed by atoms with Crippen LogP contribution in [0.5, 0.6) is 0 Å². The van der Waals surface area contributed by atoms with E-state index in [1.54, 1.807) is 12.1 Å². The summed E-state index contributed by atoms with van der Waals surface area (Å²) in [5.41, 5.74) is 6.17. The van der Waals surface area contributed by atoms with Crippen molar-refractivity contribution in [1.29, 1.82) is 0 Å². The van der Waals surface area contributed by atoms with E-state index in [4.69, 9.17) is 10.3 Å². The quantitative estimate of drug-likeness (QED) is 0.842. The molecule has 6 heteroatoms. The maximum atomic E-state index is 13.8. The fourth-order valence-corrected chi connectivity index (χ4v) is 2.25. The van der Waals surface area contributed by atoms with Crippen LogP contribution in [0.3, 0.4) is 0 Å². The van der Waals surface area contributed by atoms with E-state index >= 15 is 0 Å². The molecule has 0 spiro atoms. The molecular weight excluding hydrogens is 247 g/mol. The van der Waals surface area contributed by atoms with E-state index in [0.29, 0.717) is 11.6 Å². The Kier molecular flexibility index (Phi) is 3.06.